The summed E-state index contributed by atoms with van der Waals surface area (Å²) in [6, 6.07) is 1.91. The van der Waals surface area contributed by atoms with E-state index in [9.17, 15) is 4.79 Å². The second-order valence-electron chi connectivity index (χ2n) is 5.66. The lowest BCUT2D eigenvalue weighted by Crippen LogP contribution is -2.57. The molecular formula is C14H22N4OS. The van der Waals surface area contributed by atoms with Crippen molar-refractivity contribution in [3.05, 3.63) is 18.5 Å². The third kappa shape index (κ3) is 2.46. The largest absolute Gasteiger partial charge is 0.339 e. The van der Waals surface area contributed by atoms with Crippen molar-refractivity contribution in [3.8, 4) is 0 Å². The monoisotopic (exact) mass is 294 g/mol. The molecule has 6 heteroatoms. The summed E-state index contributed by atoms with van der Waals surface area (Å²) in [5.74, 6) is 1.30. The van der Waals surface area contributed by atoms with Crippen LogP contribution in [0.2, 0.25) is 0 Å². The molecule has 2 aliphatic rings. The molecule has 20 heavy (non-hydrogen) atoms. The number of aromatic nitrogens is 2. The highest BCUT2D eigenvalue weighted by atomic mass is 32.2. The second-order valence-corrected chi connectivity index (χ2v) is 7.21. The maximum atomic E-state index is 13.1. The average Bonchev–Trinajstić information content (AvgIpc) is 3.02. The Morgan fingerprint density at radius 1 is 1.45 bits per heavy atom. The van der Waals surface area contributed by atoms with E-state index in [4.69, 9.17) is 0 Å². The third-order valence-electron chi connectivity index (χ3n) is 4.30. The van der Waals surface area contributed by atoms with Crippen molar-refractivity contribution in [1.82, 2.24) is 20.0 Å². The Hall–Kier alpha value is -1.01. The van der Waals surface area contributed by atoms with Gasteiger partial charge in [-0.2, -0.15) is 16.9 Å². The standard InChI is InChI=1S/C14H22N4OS/c1-12-11-17(9-10-20-12)13(19)14(3-6-15-7-4-14)18-8-2-5-16-18/h2,5,8,12,15H,3-4,6-7,9-11H2,1H3. The summed E-state index contributed by atoms with van der Waals surface area (Å²) in [7, 11) is 0. The summed E-state index contributed by atoms with van der Waals surface area (Å²) in [6.45, 7) is 5.69. The molecule has 3 heterocycles. The molecule has 0 radical (unpaired) electrons. The fraction of sp³-hybridized carbons (Fsp3) is 0.714. The van der Waals surface area contributed by atoms with Gasteiger partial charge in [0.15, 0.2) is 0 Å². The van der Waals surface area contributed by atoms with Gasteiger partial charge < -0.3 is 10.2 Å². The number of carbonyl (C=O) groups is 1. The SMILES string of the molecule is CC1CN(C(=O)C2(n3cccn3)CCNCC2)CCS1. The first kappa shape index (κ1) is 13.9. The normalized spacial score (nSPS) is 26.4. The van der Waals surface area contributed by atoms with Crippen LogP contribution in [0.25, 0.3) is 0 Å². The van der Waals surface area contributed by atoms with Gasteiger partial charge in [-0.3, -0.25) is 9.48 Å². The molecule has 2 aliphatic heterocycles. The number of thioether (sulfide) groups is 1. The molecule has 0 aliphatic carbocycles. The van der Waals surface area contributed by atoms with Gasteiger partial charge in [-0.1, -0.05) is 6.92 Å². The van der Waals surface area contributed by atoms with Crippen LogP contribution in [0.1, 0.15) is 19.8 Å². The second kappa shape index (κ2) is 5.77. The van der Waals surface area contributed by atoms with E-state index in [-0.39, 0.29) is 5.91 Å². The molecule has 110 valence electrons. The molecule has 5 nitrogen and oxygen atoms in total. The smallest absolute Gasteiger partial charge is 0.250 e. The fourth-order valence-corrected chi connectivity index (χ4v) is 4.21. The number of nitrogens with one attached hydrogen (secondary N) is 1. The van der Waals surface area contributed by atoms with E-state index >= 15 is 0 Å². The van der Waals surface area contributed by atoms with Crippen molar-refractivity contribution < 1.29 is 4.79 Å². The summed E-state index contributed by atoms with van der Waals surface area (Å²) in [5.41, 5.74) is -0.476. The summed E-state index contributed by atoms with van der Waals surface area (Å²) in [5, 5.41) is 8.27. The Bertz CT molecular complexity index is 456. The van der Waals surface area contributed by atoms with Crippen LogP contribution >= 0.6 is 11.8 Å². The zero-order valence-corrected chi connectivity index (χ0v) is 12.7. The van der Waals surface area contributed by atoms with Crippen LogP contribution in [0, 0.1) is 0 Å². The van der Waals surface area contributed by atoms with Crippen LogP contribution in [-0.2, 0) is 10.3 Å². The first-order valence-electron chi connectivity index (χ1n) is 7.34. The molecule has 3 rings (SSSR count). The van der Waals surface area contributed by atoms with Gasteiger partial charge in [0.05, 0.1) is 0 Å². The lowest BCUT2D eigenvalue weighted by atomic mass is 9.86. The van der Waals surface area contributed by atoms with E-state index in [0.29, 0.717) is 5.25 Å². The molecule has 1 aromatic heterocycles. The zero-order chi connectivity index (χ0) is 14.0. The van der Waals surface area contributed by atoms with E-state index in [1.54, 1.807) is 6.20 Å². The average molecular weight is 294 g/mol. The van der Waals surface area contributed by atoms with E-state index in [2.05, 4.69) is 17.3 Å². The third-order valence-corrected chi connectivity index (χ3v) is 5.44. The number of hydrogen-bond donors (Lipinski definition) is 1. The Kier molecular flexibility index (Phi) is 4.03. The number of amides is 1. The molecule has 0 saturated carbocycles. The Labute approximate surface area is 124 Å². The molecule has 1 N–H and O–H groups in total. The predicted octanol–water partition coefficient (Wildman–Crippen LogP) is 0.926. The maximum absolute atomic E-state index is 13.1. The number of carbonyl (C=O) groups excluding carboxylic acids is 1. The minimum atomic E-state index is -0.476. The van der Waals surface area contributed by atoms with Gasteiger partial charge in [0.1, 0.15) is 5.54 Å². The fourth-order valence-electron chi connectivity index (χ4n) is 3.20. The predicted molar refractivity (Wildman–Crippen MR) is 80.8 cm³/mol. The van der Waals surface area contributed by atoms with Gasteiger partial charge in [0.25, 0.3) is 5.91 Å². The molecule has 1 amide bonds. The number of hydrogen-bond acceptors (Lipinski definition) is 4. The van der Waals surface area contributed by atoms with Crippen LogP contribution in [0.15, 0.2) is 18.5 Å². The summed E-state index contributed by atoms with van der Waals surface area (Å²) < 4.78 is 1.89. The van der Waals surface area contributed by atoms with E-state index in [1.807, 2.05) is 33.6 Å². The Morgan fingerprint density at radius 3 is 2.90 bits per heavy atom. The lowest BCUT2D eigenvalue weighted by Gasteiger charge is -2.42. The molecule has 2 saturated heterocycles. The molecule has 0 spiro atoms. The van der Waals surface area contributed by atoms with Gasteiger partial charge in [-0.05, 0) is 32.0 Å². The minimum Gasteiger partial charge on any atom is -0.339 e. The number of rotatable bonds is 2. The number of nitrogens with zero attached hydrogens (tertiary/aromatic N) is 3. The van der Waals surface area contributed by atoms with Crippen molar-refractivity contribution in [3.63, 3.8) is 0 Å². The van der Waals surface area contributed by atoms with Gasteiger partial charge >= 0.3 is 0 Å². The summed E-state index contributed by atoms with van der Waals surface area (Å²) in [4.78, 5) is 15.2. The van der Waals surface area contributed by atoms with Gasteiger partial charge in [0.2, 0.25) is 0 Å². The van der Waals surface area contributed by atoms with Crippen molar-refractivity contribution >= 4 is 17.7 Å². The molecule has 1 atom stereocenters. The van der Waals surface area contributed by atoms with Crippen molar-refractivity contribution in [1.29, 1.82) is 0 Å². The van der Waals surface area contributed by atoms with Gasteiger partial charge in [-0.15, -0.1) is 0 Å². The highest BCUT2D eigenvalue weighted by Gasteiger charge is 2.45. The quantitative estimate of drug-likeness (QED) is 0.881. The Balaban J connectivity index is 1.87. The van der Waals surface area contributed by atoms with Crippen molar-refractivity contribution in [2.75, 3.05) is 31.9 Å². The van der Waals surface area contributed by atoms with E-state index in [0.717, 1.165) is 44.8 Å². The summed E-state index contributed by atoms with van der Waals surface area (Å²) in [6.07, 6.45) is 5.36. The molecule has 0 bridgehead atoms. The van der Waals surface area contributed by atoms with Crippen molar-refractivity contribution in [2.24, 2.45) is 0 Å². The van der Waals surface area contributed by atoms with Crippen LogP contribution in [0.5, 0.6) is 0 Å². The lowest BCUT2D eigenvalue weighted by molar-refractivity contribution is -0.143. The van der Waals surface area contributed by atoms with E-state index < -0.39 is 5.54 Å². The highest BCUT2D eigenvalue weighted by Crippen LogP contribution is 2.31. The van der Waals surface area contributed by atoms with E-state index in [1.165, 1.54) is 0 Å². The van der Waals surface area contributed by atoms with Crippen LogP contribution in [-0.4, -0.2) is 57.8 Å². The minimum absolute atomic E-state index is 0.259. The van der Waals surface area contributed by atoms with Gasteiger partial charge in [0, 0.05) is 36.5 Å². The topological polar surface area (TPSA) is 50.2 Å². The van der Waals surface area contributed by atoms with Crippen molar-refractivity contribution in [2.45, 2.75) is 30.6 Å². The van der Waals surface area contributed by atoms with Gasteiger partial charge in [-0.25, -0.2) is 0 Å². The Morgan fingerprint density at radius 2 is 2.25 bits per heavy atom. The first-order valence-corrected chi connectivity index (χ1v) is 8.39. The first-order chi connectivity index (χ1) is 9.72. The molecule has 1 unspecified atom stereocenters. The van der Waals surface area contributed by atoms with Crippen LogP contribution in [0.4, 0.5) is 0 Å². The number of piperidine rings is 1. The maximum Gasteiger partial charge on any atom is 0.250 e. The zero-order valence-electron chi connectivity index (χ0n) is 11.9. The van der Waals surface area contributed by atoms with Crippen LogP contribution in [0.3, 0.4) is 0 Å². The molecule has 0 aromatic carbocycles. The highest BCUT2D eigenvalue weighted by molar-refractivity contribution is 7.99. The summed E-state index contributed by atoms with van der Waals surface area (Å²) >= 11 is 1.95. The molecule has 2 fully saturated rings. The molecule has 1 aromatic rings. The molecular weight excluding hydrogens is 272 g/mol. The van der Waals surface area contributed by atoms with Crippen LogP contribution < -0.4 is 5.32 Å².